The Morgan fingerprint density at radius 2 is 1.70 bits per heavy atom. The van der Waals surface area contributed by atoms with Gasteiger partial charge < -0.3 is 34.6 Å². The van der Waals surface area contributed by atoms with Crippen molar-refractivity contribution < 1.29 is 44.2 Å². The summed E-state index contributed by atoms with van der Waals surface area (Å²) in [6.45, 7) is 3.49. The highest BCUT2D eigenvalue weighted by Crippen LogP contribution is 2.70. The number of carbonyl (C=O) groups excluding carboxylic acids is 1. The second-order valence-corrected chi connectivity index (χ2v) is 13.5. The van der Waals surface area contributed by atoms with Crippen LogP contribution in [0.3, 0.4) is 0 Å². The molecular weight excluding hydrogens is 564 g/mol. The largest absolute Gasteiger partial charge is 0.478 e. The predicted octanol–water partition coefficient (Wildman–Crippen LogP) is 4.57. The van der Waals surface area contributed by atoms with E-state index in [1.165, 1.54) is 12.1 Å². The number of Topliss-reactive ketones (excluding diaryl/α,β-unsaturated/α-hetero) is 1. The molecule has 0 spiro atoms. The fourth-order valence-electron chi connectivity index (χ4n) is 9.45. The van der Waals surface area contributed by atoms with Crippen LogP contribution in [0.4, 0.5) is 0 Å². The minimum atomic E-state index is -1.40. The lowest BCUT2D eigenvalue weighted by molar-refractivity contribution is -0.201. The molecule has 5 aliphatic rings. The molecule has 1 saturated heterocycles. The summed E-state index contributed by atoms with van der Waals surface area (Å²) in [6.07, 6.45) is 5.61. The molecule has 1 heterocycles. The van der Waals surface area contributed by atoms with Gasteiger partial charge in [0.05, 0.1) is 23.9 Å². The Morgan fingerprint density at radius 1 is 1.02 bits per heavy atom. The molecule has 4 N–H and O–H groups in total. The number of aliphatic hydroxyl groups is 3. The fraction of sp³-hybridized carbons (Fsp3) is 0.486. The average Bonchev–Trinajstić information content (AvgIpc) is 3.50. The molecular formula is C35H38O9. The summed E-state index contributed by atoms with van der Waals surface area (Å²) in [5.41, 5.74) is -0.512. The summed E-state index contributed by atoms with van der Waals surface area (Å²) >= 11 is 0. The van der Waals surface area contributed by atoms with Gasteiger partial charge in [0.1, 0.15) is 18.1 Å². The summed E-state index contributed by atoms with van der Waals surface area (Å²) < 4.78 is 19.0. The maximum Gasteiger partial charge on any atom is 0.335 e. The zero-order valence-electron chi connectivity index (χ0n) is 24.8. The molecule has 44 heavy (non-hydrogen) atoms. The molecule has 4 fully saturated rings. The van der Waals surface area contributed by atoms with Crippen molar-refractivity contribution in [3.05, 3.63) is 83.5 Å². The normalized spacial score (nSPS) is 40.3. The first-order valence-electron chi connectivity index (χ1n) is 15.4. The van der Waals surface area contributed by atoms with E-state index in [0.29, 0.717) is 29.9 Å². The van der Waals surface area contributed by atoms with Gasteiger partial charge in [-0.25, -0.2) is 4.79 Å². The van der Waals surface area contributed by atoms with Crippen molar-refractivity contribution in [1.29, 1.82) is 0 Å². The molecule has 0 aromatic heterocycles. The number of benzene rings is 2. The summed E-state index contributed by atoms with van der Waals surface area (Å²) in [5.74, 6) is -0.310. The molecule has 7 rings (SSSR count). The minimum Gasteiger partial charge on any atom is -0.478 e. The maximum absolute atomic E-state index is 13.7. The van der Waals surface area contributed by atoms with E-state index in [0.717, 1.165) is 18.4 Å². The van der Waals surface area contributed by atoms with Gasteiger partial charge >= 0.3 is 5.97 Å². The molecule has 2 aromatic rings. The van der Waals surface area contributed by atoms with Gasteiger partial charge in [-0.2, -0.15) is 0 Å². The van der Waals surface area contributed by atoms with Crippen LogP contribution in [0.25, 0.3) is 0 Å². The van der Waals surface area contributed by atoms with Crippen LogP contribution in [-0.4, -0.2) is 62.7 Å². The van der Waals surface area contributed by atoms with E-state index in [9.17, 15) is 24.9 Å². The lowest BCUT2D eigenvalue weighted by Gasteiger charge is -2.60. The molecule has 0 radical (unpaired) electrons. The van der Waals surface area contributed by atoms with Crippen LogP contribution >= 0.6 is 0 Å². The van der Waals surface area contributed by atoms with E-state index < -0.39 is 54.0 Å². The SMILES string of the molecule is C[C@]12C=CC(O)C=C1CC[C@@H]1[C@@H]2[C@@H](O)C[C@@]2(C)[C@H]1C[C@H]1O[C@H](c3ccc(Oc4ccc(C(=O)O)cc4)cc3)O[C@]12C(=O)CO. The first kappa shape index (κ1) is 29.4. The zero-order valence-corrected chi connectivity index (χ0v) is 24.8. The van der Waals surface area contributed by atoms with E-state index in [1.807, 2.05) is 13.0 Å². The Hall–Kier alpha value is -3.34. The quantitative estimate of drug-likeness (QED) is 0.350. The smallest absolute Gasteiger partial charge is 0.335 e. The first-order chi connectivity index (χ1) is 21.0. The van der Waals surface area contributed by atoms with Crippen molar-refractivity contribution in [2.45, 2.75) is 69.7 Å². The van der Waals surface area contributed by atoms with Crippen LogP contribution < -0.4 is 4.74 Å². The minimum absolute atomic E-state index is 0.0410. The summed E-state index contributed by atoms with van der Waals surface area (Å²) in [7, 11) is 0. The fourth-order valence-corrected chi connectivity index (χ4v) is 9.45. The Morgan fingerprint density at radius 3 is 2.36 bits per heavy atom. The van der Waals surface area contributed by atoms with E-state index in [2.05, 4.69) is 13.0 Å². The Labute approximate surface area is 255 Å². The number of hydrogen-bond acceptors (Lipinski definition) is 8. The first-order valence-corrected chi connectivity index (χ1v) is 15.4. The molecule has 0 amide bonds. The van der Waals surface area contributed by atoms with E-state index in [-0.39, 0.29) is 28.7 Å². The number of rotatable bonds is 6. The van der Waals surface area contributed by atoms with E-state index in [1.54, 1.807) is 42.5 Å². The monoisotopic (exact) mass is 602 g/mol. The number of hydrogen-bond donors (Lipinski definition) is 4. The number of allylic oxidation sites excluding steroid dienone is 2. The number of aromatic carboxylic acids is 1. The number of carbonyl (C=O) groups is 2. The molecule has 10 atom stereocenters. The van der Waals surface area contributed by atoms with Crippen molar-refractivity contribution in [2.24, 2.45) is 28.6 Å². The van der Waals surface area contributed by atoms with Gasteiger partial charge in [0, 0.05) is 22.3 Å². The predicted molar refractivity (Wildman–Crippen MR) is 158 cm³/mol. The Kier molecular flexibility index (Phi) is 6.91. The second-order valence-electron chi connectivity index (χ2n) is 13.5. The van der Waals surface area contributed by atoms with Gasteiger partial charge in [-0.05, 0) is 73.9 Å². The van der Waals surface area contributed by atoms with Crippen molar-refractivity contribution in [3.63, 3.8) is 0 Å². The molecule has 9 nitrogen and oxygen atoms in total. The van der Waals surface area contributed by atoms with Crippen LogP contribution in [0, 0.1) is 28.6 Å². The number of carboxylic acids is 1. The van der Waals surface area contributed by atoms with Crippen molar-refractivity contribution in [2.75, 3.05) is 6.61 Å². The Balaban J connectivity index is 1.14. The maximum atomic E-state index is 13.7. The van der Waals surface area contributed by atoms with Crippen LogP contribution in [0.2, 0.25) is 0 Å². The molecule has 1 aliphatic heterocycles. The summed E-state index contributed by atoms with van der Waals surface area (Å²) in [6, 6.07) is 13.2. The molecule has 0 bridgehead atoms. The molecule has 232 valence electrons. The van der Waals surface area contributed by atoms with Gasteiger partial charge in [-0.15, -0.1) is 0 Å². The van der Waals surface area contributed by atoms with Crippen molar-refractivity contribution in [3.8, 4) is 11.5 Å². The highest BCUT2D eigenvalue weighted by Gasteiger charge is 2.75. The molecule has 4 aliphatic carbocycles. The highest BCUT2D eigenvalue weighted by atomic mass is 16.7. The third kappa shape index (κ3) is 4.17. The van der Waals surface area contributed by atoms with Gasteiger partial charge in [0.2, 0.25) is 0 Å². The number of aliphatic hydroxyl groups excluding tert-OH is 3. The number of carboxylic acid groups (broad SMARTS) is 1. The van der Waals surface area contributed by atoms with E-state index >= 15 is 0 Å². The molecule has 9 heteroatoms. The summed E-state index contributed by atoms with van der Waals surface area (Å²) in [5, 5.41) is 41.4. The van der Waals surface area contributed by atoms with Crippen LogP contribution in [0.1, 0.15) is 61.7 Å². The number of ether oxygens (including phenoxy) is 3. The molecule has 3 saturated carbocycles. The zero-order chi connectivity index (χ0) is 31.0. The van der Waals surface area contributed by atoms with Crippen LogP contribution in [-0.2, 0) is 14.3 Å². The van der Waals surface area contributed by atoms with Crippen LogP contribution in [0.15, 0.2) is 72.3 Å². The third-order valence-electron chi connectivity index (χ3n) is 11.4. The lowest BCUT2D eigenvalue weighted by atomic mass is 9.46. The Bertz CT molecular complexity index is 1530. The number of ketones is 1. The van der Waals surface area contributed by atoms with Crippen molar-refractivity contribution >= 4 is 11.8 Å². The standard InChI is InChI=1S/C35H38O9/c1-33-14-13-22(37)15-21(33)7-12-25-26-16-29-35(28(39)18-36,34(26,2)17-27(38)30(25)33)44-32(43-29)20-5-10-24(11-6-20)42-23-8-3-19(4-9-23)31(40)41/h3-6,8-11,13-15,22,25-27,29-30,32,36-38H,7,12,16-18H2,1-2H3,(H,40,41)/t22?,25-,26-,27-,29+,30+,32-,33-,34-,35+/m0/s1. The second kappa shape index (κ2) is 10.4. The number of fused-ring (bicyclic) bond motifs is 7. The average molecular weight is 603 g/mol. The molecule has 1 unspecified atom stereocenters. The molecule has 2 aromatic carbocycles. The highest BCUT2D eigenvalue weighted by molar-refractivity contribution is 5.91. The van der Waals surface area contributed by atoms with Gasteiger partial charge in [-0.1, -0.05) is 49.8 Å². The van der Waals surface area contributed by atoms with Gasteiger partial charge in [0.15, 0.2) is 17.7 Å². The summed E-state index contributed by atoms with van der Waals surface area (Å²) in [4.78, 5) is 24.8. The topological polar surface area (TPSA) is 143 Å². The third-order valence-corrected chi connectivity index (χ3v) is 11.4. The lowest BCUT2D eigenvalue weighted by Crippen LogP contribution is -2.63. The van der Waals surface area contributed by atoms with Gasteiger partial charge in [-0.3, -0.25) is 4.79 Å². The van der Waals surface area contributed by atoms with E-state index in [4.69, 9.17) is 19.3 Å². The van der Waals surface area contributed by atoms with Crippen LogP contribution in [0.5, 0.6) is 11.5 Å². The van der Waals surface area contributed by atoms with Gasteiger partial charge in [0.25, 0.3) is 0 Å². The van der Waals surface area contributed by atoms with Crippen molar-refractivity contribution in [1.82, 2.24) is 0 Å².